The Morgan fingerprint density at radius 3 is 2.61 bits per heavy atom. The highest BCUT2D eigenvalue weighted by Crippen LogP contribution is 2.23. The largest absolute Gasteiger partial charge is 0.474 e. The second-order valence-corrected chi connectivity index (χ2v) is 6.30. The van der Waals surface area contributed by atoms with Crippen molar-refractivity contribution in [3.63, 3.8) is 0 Å². The van der Waals surface area contributed by atoms with Crippen molar-refractivity contribution in [2.75, 3.05) is 20.2 Å². The van der Waals surface area contributed by atoms with Crippen LogP contribution < -0.4 is 4.74 Å². The van der Waals surface area contributed by atoms with E-state index in [1.165, 1.54) is 5.56 Å². The predicted octanol–water partition coefficient (Wildman–Crippen LogP) is 4.09. The smallest absolute Gasteiger partial charge is 0.247 e. The first-order chi connectivity index (χ1) is 10.7. The Morgan fingerprint density at radius 1 is 1.13 bits per heavy atom. The van der Waals surface area contributed by atoms with E-state index in [4.69, 9.17) is 4.74 Å². The third-order valence-electron chi connectivity index (χ3n) is 3.46. The molecule has 4 nitrogen and oxygen atoms in total. The summed E-state index contributed by atoms with van der Waals surface area (Å²) in [6.45, 7) is 2.41. The molecule has 0 fully saturated rings. The standard InChI is InChI=1S/C17H18IN3O.CH4/c1-20(13-14-7-3-2-4-8-14)11-12-22-17-16(18)15-9-5-6-10-21(15)19-17;/h2-10H,11-13H2,1H3;1H4. The predicted molar refractivity (Wildman–Crippen MR) is 103 cm³/mol. The minimum atomic E-state index is 0. The van der Waals surface area contributed by atoms with Gasteiger partial charge in [-0.05, 0) is 47.3 Å². The summed E-state index contributed by atoms with van der Waals surface area (Å²) in [5.74, 6) is 0.708. The van der Waals surface area contributed by atoms with E-state index in [1.807, 2.05) is 35.0 Å². The van der Waals surface area contributed by atoms with Crippen LogP contribution in [-0.2, 0) is 6.54 Å². The fourth-order valence-electron chi connectivity index (χ4n) is 2.31. The number of likely N-dealkylation sites (N-methyl/N-ethyl adjacent to an activating group) is 1. The van der Waals surface area contributed by atoms with Crippen LogP contribution in [0.5, 0.6) is 5.88 Å². The zero-order chi connectivity index (χ0) is 15.4. The molecule has 3 rings (SSSR count). The Kier molecular flexibility index (Phi) is 6.41. The van der Waals surface area contributed by atoms with E-state index in [9.17, 15) is 0 Å². The molecule has 5 heteroatoms. The molecule has 0 aliphatic rings. The number of nitrogens with zero attached hydrogens (tertiary/aromatic N) is 3. The lowest BCUT2D eigenvalue weighted by Crippen LogP contribution is -2.24. The molecule has 0 spiro atoms. The summed E-state index contributed by atoms with van der Waals surface area (Å²) in [7, 11) is 2.10. The van der Waals surface area contributed by atoms with Crippen molar-refractivity contribution in [1.82, 2.24) is 14.5 Å². The summed E-state index contributed by atoms with van der Waals surface area (Å²) in [5, 5.41) is 4.46. The molecule has 23 heavy (non-hydrogen) atoms. The fourth-order valence-corrected chi connectivity index (χ4v) is 3.00. The number of rotatable bonds is 6. The van der Waals surface area contributed by atoms with Gasteiger partial charge in [0.05, 0.1) is 5.52 Å². The lowest BCUT2D eigenvalue weighted by molar-refractivity contribution is 0.226. The third kappa shape index (κ3) is 4.45. The lowest BCUT2D eigenvalue weighted by atomic mass is 10.2. The number of benzene rings is 1. The highest BCUT2D eigenvalue weighted by Gasteiger charge is 2.11. The van der Waals surface area contributed by atoms with Crippen LogP contribution in [0, 0.1) is 3.57 Å². The normalized spacial score (nSPS) is 10.7. The van der Waals surface area contributed by atoms with Crippen LogP contribution in [0.25, 0.3) is 5.52 Å². The van der Waals surface area contributed by atoms with Crippen LogP contribution in [0.1, 0.15) is 13.0 Å². The maximum Gasteiger partial charge on any atom is 0.247 e. The molecule has 0 bridgehead atoms. The van der Waals surface area contributed by atoms with Gasteiger partial charge < -0.3 is 4.74 Å². The summed E-state index contributed by atoms with van der Waals surface area (Å²) in [6.07, 6.45) is 1.94. The average Bonchev–Trinajstić information content (AvgIpc) is 2.85. The molecule has 1 aromatic carbocycles. The monoisotopic (exact) mass is 423 g/mol. The molecule has 0 unspecified atom stereocenters. The first-order valence-electron chi connectivity index (χ1n) is 7.22. The van der Waals surface area contributed by atoms with Crippen molar-refractivity contribution in [2.24, 2.45) is 0 Å². The van der Waals surface area contributed by atoms with Gasteiger partial charge in [-0.25, -0.2) is 4.52 Å². The molecule has 2 heterocycles. The lowest BCUT2D eigenvalue weighted by Gasteiger charge is -2.16. The number of hydrogen-bond acceptors (Lipinski definition) is 3. The zero-order valence-corrected chi connectivity index (χ0v) is 14.6. The van der Waals surface area contributed by atoms with Gasteiger partial charge >= 0.3 is 0 Å². The van der Waals surface area contributed by atoms with E-state index in [2.05, 4.69) is 63.9 Å². The molecule has 0 atom stereocenters. The Hall–Kier alpha value is -1.60. The first kappa shape index (κ1) is 17.7. The molecule has 0 radical (unpaired) electrons. The van der Waals surface area contributed by atoms with Crippen LogP contribution >= 0.6 is 22.6 Å². The minimum absolute atomic E-state index is 0. The van der Waals surface area contributed by atoms with Crippen molar-refractivity contribution in [3.8, 4) is 5.88 Å². The summed E-state index contributed by atoms with van der Waals surface area (Å²) >= 11 is 2.29. The molecular formula is C18H22IN3O. The summed E-state index contributed by atoms with van der Waals surface area (Å²) in [5.41, 5.74) is 2.39. The third-order valence-corrected chi connectivity index (χ3v) is 4.47. The summed E-state index contributed by atoms with van der Waals surface area (Å²) in [6, 6.07) is 16.5. The van der Waals surface area contributed by atoms with Crippen molar-refractivity contribution in [2.45, 2.75) is 14.0 Å². The van der Waals surface area contributed by atoms with Crippen molar-refractivity contribution in [1.29, 1.82) is 0 Å². The SMILES string of the molecule is C.CN(CCOc1nn2ccccc2c1I)Cc1ccccc1. The quantitative estimate of drug-likeness (QED) is 0.560. The number of ether oxygens (including phenoxy) is 1. The van der Waals surface area contributed by atoms with E-state index < -0.39 is 0 Å². The zero-order valence-electron chi connectivity index (χ0n) is 12.4. The van der Waals surface area contributed by atoms with E-state index in [-0.39, 0.29) is 7.43 Å². The van der Waals surface area contributed by atoms with Gasteiger partial charge in [0.2, 0.25) is 5.88 Å². The molecule has 0 saturated heterocycles. The Labute approximate surface area is 151 Å². The fraction of sp³-hybridized carbons (Fsp3) is 0.278. The van der Waals surface area contributed by atoms with E-state index in [0.717, 1.165) is 22.2 Å². The molecule has 122 valence electrons. The maximum atomic E-state index is 5.85. The second kappa shape index (κ2) is 8.31. The molecule has 0 amide bonds. The number of aromatic nitrogens is 2. The molecule has 0 aliphatic heterocycles. The highest BCUT2D eigenvalue weighted by atomic mass is 127. The van der Waals surface area contributed by atoms with Gasteiger partial charge in [0.1, 0.15) is 10.2 Å². The minimum Gasteiger partial charge on any atom is -0.474 e. The molecule has 2 aromatic heterocycles. The van der Waals surface area contributed by atoms with Crippen LogP contribution in [-0.4, -0.2) is 34.7 Å². The van der Waals surface area contributed by atoms with E-state index in [1.54, 1.807) is 0 Å². The molecule has 3 aromatic rings. The van der Waals surface area contributed by atoms with Crippen LogP contribution in [0.15, 0.2) is 54.7 Å². The van der Waals surface area contributed by atoms with Gasteiger partial charge in [-0.1, -0.05) is 43.8 Å². The topological polar surface area (TPSA) is 29.8 Å². The van der Waals surface area contributed by atoms with Gasteiger partial charge in [-0.15, -0.1) is 5.10 Å². The van der Waals surface area contributed by atoms with Gasteiger partial charge in [-0.3, -0.25) is 4.90 Å². The average molecular weight is 423 g/mol. The Morgan fingerprint density at radius 2 is 1.87 bits per heavy atom. The molecule has 0 N–H and O–H groups in total. The van der Waals surface area contributed by atoms with Crippen molar-refractivity contribution >= 4 is 28.1 Å². The number of fused-ring (bicyclic) bond motifs is 1. The Balaban J connectivity index is 0.00000192. The van der Waals surface area contributed by atoms with Crippen LogP contribution in [0.3, 0.4) is 0 Å². The summed E-state index contributed by atoms with van der Waals surface area (Å²) in [4.78, 5) is 2.25. The second-order valence-electron chi connectivity index (χ2n) is 5.22. The van der Waals surface area contributed by atoms with Gasteiger partial charge in [0.15, 0.2) is 0 Å². The number of halogens is 1. The summed E-state index contributed by atoms with van der Waals surface area (Å²) < 4.78 is 8.76. The first-order valence-corrected chi connectivity index (χ1v) is 8.30. The van der Waals surface area contributed by atoms with Crippen molar-refractivity contribution in [3.05, 3.63) is 63.9 Å². The maximum absolute atomic E-state index is 5.85. The van der Waals surface area contributed by atoms with Crippen LogP contribution in [0.2, 0.25) is 0 Å². The molecule has 0 aliphatic carbocycles. The number of hydrogen-bond donors (Lipinski definition) is 0. The van der Waals surface area contributed by atoms with E-state index in [0.29, 0.717) is 12.5 Å². The van der Waals surface area contributed by atoms with Gasteiger partial charge in [0.25, 0.3) is 0 Å². The van der Waals surface area contributed by atoms with Gasteiger partial charge in [0, 0.05) is 19.3 Å². The van der Waals surface area contributed by atoms with Crippen molar-refractivity contribution < 1.29 is 4.74 Å². The van der Waals surface area contributed by atoms with Gasteiger partial charge in [-0.2, -0.15) is 0 Å². The highest BCUT2D eigenvalue weighted by molar-refractivity contribution is 14.1. The Bertz CT molecular complexity index is 742. The van der Waals surface area contributed by atoms with Crippen LogP contribution in [0.4, 0.5) is 0 Å². The molecule has 0 saturated carbocycles. The molecular weight excluding hydrogens is 401 g/mol. The van der Waals surface area contributed by atoms with E-state index >= 15 is 0 Å². The number of pyridine rings is 1.